The minimum atomic E-state index is -1.07. The van der Waals surface area contributed by atoms with Gasteiger partial charge in [0.15, 0.2) is 0 Å². The SMILES string of the molecule is COc1cccc(CN(C)CN2C(=O)NC(C)(c3ccc(C(C)(C)C)cc3)C2=O)c1. The fourth-order valence-corrected chi connectivity index (χ4v) is 3.70. The van der Waals surface area contributed by atoms with E-state index in [0.717, 1.165) is 16.9 Å². The van der Waals surface area contributed by atoms with Gasteiger partial charge in [-0.15, -0.1) is 0 Å². The van der Waals surface area contributed by atoms with Crippen LogP contribution in [-0.2, 0) is 22.3 Å². The Morgan fingerprint density at radius 2 is 1.77 bits per heavy atom. The molecule has 1 aliphatic rings. The van der Waals surface area contributed by atoms with Crippen molar-refractivity contribution in [2.45, 2.75) is 45.2 Å². The Bertz CT molecular complexity index is 933. The van der Waals surface area contributed by atoms with Gasteiger partial charge >= 0.3 is 6.03 Å². The van der Waals surface area contributed by atoms with E-state index in [1.807, 2.05) is 60.5 Å². The van der Waals surface area contributed by atoms with Gasteiger partial charge in [0, 0.05) is 6.54 Å². The van der Waals surface area contributed by atoms with Crippen LogP contribution >= 0.6 is 0 Å². The molecule has 6 nitrogen and oxygen atoms in total. The molecule has 1 aliphatic heterocycles. The summed E-state index contributed by atoms with van der Waals surface area (Å²) in [5.74, 6) is 0.538. The summed E-state index contributed by atoms with van der Waals surface area (Å²) in [5, 5.41) is 2.88. The number of nitrogens with zero attached hydrogens (tertiary/aromatic N) is 2. The first-order valence-corrected chi connectivity index (χ1v) is 10.1. The lowest BCUT2D eigenvalue weighted by atomic mass is 9.84. The molecule has 1 heterocycles. The molecule has 2 aromatic carbocycles. The number of imide groups is 1. The number of carbonyl (C=O) groups excluding carboxylic acids is 2. The zero-order chi connectivity index (χ0) is 22.1. The predicted octanol–water partition coefficient (Wildman–Crippen LogP) is 3.85. The van der Waals surface area contributed by atoms with E-state index in [-0.39, 0.29) is 24.0 Å². The molecule has 160 valence electrons. The number of hydrogen-bond acceptors (Lipinski definition) is 4. The van der Waals surface area contributed by atoms with Crippen molar-refractivity contribution in [3.63, 3.8) is 0 Å². The monoisotopic (exact) mass is 409 g/mol. The van der Waals surface area contributed by atoms with Crippen molar-refractivity contribution in [3.8, 4) is 5.75 Å². The van der Waals surface area contributed by atoms with Crippen molar-refractivity contribution in [1.82, 2.24) is 15.1 Å². The minimum Gasteiger partial charge on any atom is -0.497 e. The van der Waals surface area contributed by atoms with Crippen molar-refractivity contribution in [1.29, 1.82) is 0 Å². The molecular formula is C24H31N3O3. The first-order valence-electron chi connectivity index (χ1n) is 10.1. The van der Waals surface area contributed by atoms with Crippen molar-refractivity contribution < 1.29 is 14.3 Å². The van der Waals surface area contributed by atoms with Crippen LogP contribution in [-0.4, -0.2) is 42.6 Å². The number of amides is 3. The van der Waals surface area contributed by atoms with Gasteiger partial charge in [-0.2, -0.15) is 0 Å². The number of ether oxygens (including phenoxy) is 1. The molecule has 1 fully saturated rings. The lowest BCUT2D eigenvalue weighted by Crippen LogP contribution is -2.42. The molecule has 0 bridgehead atoms. The molecule has 1 saturated heterocycles. The number of hydrogen-bond donors (Lipinski definition) is 1. The second-order valence-electron chi connectivity index (χ2n) is 9.12. The fraction of sp³-hybridized carbons (Fsp3) is 0.417. The number of urea groups is 1. The Hall–Kier alpha value is -2.86. The highest BCUT2D eigenvalue weighted by Gasteiger charge is 2.49. The van der Waals surface area contributed by atoms with Crippen molar-refractivity contribution in [2.75, 3.05) is 20.8 Å². The topological polar surface area (TPSA) is 61.9 Å². The van der Waals surface area contributed by atoms with Gasteiger partial charge in [0.25, 0.3) is 5.91 Å². The molecule has 0 spiro atoms. The summed E-state index contributed by atoms with van der Waals surface area (Å²) in [7, 11) is 3.51. The molecule has 6 heteroatoms. The molecule has 1 atom stereocenters. The van der Waals surface area contributed by atoms with Crippen molar-refractivity contribution in [2.24, 2.45) is 0 Å². The second kappa shape index (κ2) is 8.11. The molecule has 3 amide bonds. The van der Waals surface area contributed by atoms with Crippen molar-refractivity contribution >= 4 is 11.9 Å². The Morgan fingerprint density at radius 1 is 1.10 bits per heavy atom. The molecular weight excluding hydrogens is 378 g/mol. The fourth-order valence-electron chi connectivity index (χ4n) is 3.70. The third-order valence-corrected chi connectivity index (χ3v) is 5.57. The number of rotatable bonds is 6. The van der Waals surface area contributed by atoms with Crippen LogP contribution in [0.15, 0.2) is 48.5 Å². The van der Waals surface area contributed by atoms with Crippen LogP contribution in [0, 0.1) is 0 Å². The van der Waals surface area contributed by atoms with E-state index < -0.39 is 5.54 Å². The number of methoxy groups -OCH3 is 1. The summed E-state index contributed by atoms with van der Waals surface area (Å²) in [6, 6.07) is 15.3. The van der Waals surface area contributed by atoms with Crippen molar-refractivity contribution in [3.05, 3.63) is 65.2 Å². The van der Waals surface area contributed by atoms with Gasteiger partial charge < -0.3 is 10.1 Å². The lowest BCUT2D eigenvalue weighted by molar-refractivity contribution is -0.132. The van der Waals surface area contributed by atoms with Gasteiger partial charge in [0.05, 0.1) is 13.8 Å². The van der Waals surface area contributed by atoms with Gasteiger partial charge in [-0.05, 0) is 48.2 Å². The van der Waals surface area contributed by atoms with E-state index in [0.29, 0.717) is 6.54 Å². The zero-order valence-electron chi connectivity index (χ0n) is 18.7. The Kier molecular flexibility index (Phi) is 5.90. The Labute approximate surface area is 178 Å². The molecule has 0 saturated carbocycles. The Balaban J connectivity index is 1.73. The van der Waals surface area contributed by atoms with Crippen LogP contribution in [0.3, 0.4) is 0 Å². The summed E-state index contributed by atoms with van der Waals surface area (Å²) in [6.07, 6.45) is 0. The van der Waals surface area contributed by atoms with Crippen LogP contribution in [0.1, 0.15) is 44.4 Å². The highest BCUT2D eigenvalue weighted by Crippen LogP contribution is 2.31. The number of carbonyl (C=O) groups is 2. The quantitative estimate of drug-likeness (QED) is 0.736. The molecule has 1 N–H and O–H groups in total. The summed E-state index contributed by atoms with van der Waals surface area (Å²) in [6.45, 7) is 8.99. The molecule has 0 aromatic heterocycles. The average molecular weight is 410 g/mol. The van der Waals surface area contributed by atoms with Gasteiger partial charge in [0.2, 0.25) is 0 Å². The Morgan fingerprint density at radius 3 is 2.37 bits per heavy atom. The largest absolute Gasteiger partial charge is 0.497 e. The number of nitrogens with one attached hydrogen (secondary N) is 1. The predicted molar refractivity (Wildman–Crippen MR) is 117 cm³/mol. The minimum absolute atomic E-state index is 0.0250. The van der Waals surface area contributed by atoms with Crippen LogP contribution in [0.5, 0.6) is 5.75 Å². The highest BCUT2D eigenvalue weighted by molar-refractivity contribution is 6.07. The van der Waals surface area contributed by atoms with Gasteiger partial charge in [-0.3, -0.25) is 9.69 Å². The summed E-state index contributed by atoms with van der Waals surface area (Å²) >= 11 is 0. The van der Waals surface area contributed by atoms with E-state index in [1.165, 1.54) is 10.5 Å². The maximum absolute atomic E-state index is 13.2. The first-order chi connectivity index (χ1) is 14.0. The third-order valence-electron chi connectivity index (χ3n) is 5.57. The maximum Gasteiger partial charge on any atom is 0.326 e. The highest BCUT2D eigenvalue weighted by atomic mass is 16.5. The van der Waals surface area contributed by atoms with Crippen LogP contribution in [0.25, 0.3) is 0 Å². The van der Waals surface area contributed by atoms with E-state index >= 15 is 0 Å². The summed E-state index contributed by atoms with van der Waals surface area (Å²) in [4.78, 5) is 29.0. The van der Waals surface area contributed by atoms with Gasteiger partial charge in [0.1, 0.15) is 11.3 Å². The van der Waals surface area contributed by atoms with Crippen LogP contribution in [0.4, 0.5) is 4.79 Å². The zero-order valence-corrected chi connectivity index (χ0v) is 18.7. The molecule has 0 aliphatic carbocycles. The summed E-state index contributed by atoms with van der Waals surface area (Å²) in [5.41, 5.74) is 1.97. The molecule has 2 aromatic rings. The van der Waals surface area contributed by atoms with Crippen LogP contribution < -0.4 is 10.1 Å². The van der Waals surface area contributed by atoms with E-state index in [1.54, 1.807) is 14.0 Å². The number of benzene rings is 2. The standard InChI is InChI=1S/C24H31N3O3/c1-23(2,3)18-10-12-19(13-11-18)24(4)21(28)27(22(29)25-24)16-26(5)15-17-8-7-9-20(14-17)30-6/h7-14H,15-16H2,1-6H3,(H,25,29). The average Bonchev–Trinajstić information content (AvgIpc) is 2.91. The molecule has 0 radical (unpaired) electrons. The van der Waals surface area contributed by atoms with Gasteiger partial charge in [-0.25, -0.2) is 9.69 Å². The lowest BCUT2D eigenvalue weighted by Gasteiger charge is -2.26. The van der Waals surface area contributed by atoms with E-state index in [4.69, 9.17) is 4.74 Å². The normalized spacial score (nSPS) is 19.4. The maximum atomic E-state index is 13.2. The van der Waals surface area contributed by atoms with Crippen LogP contribution in [0.2, 0.25) is 0 Å². The summed E-state index contributed by atoms with van der Waals surface area (Å²) < 4.78 is 5.26. The molecule has 30 heavy (non-hydrogen) atoms. The molecule has 3 rings (SSSR count). The smallest absolute Gasteiger partial charge is 0.326 e. The van der Waals surface area contributed by atoms with Gasteiger partial charge in [-0.1, -0.05) is 57.2 Å². The first kappa shape index (κ1) is 21.8. The van der Waals surface area contributed by atoms with E-state index in [9.17, 15) is 9.59 Å². The molecule has 1 unspecified atom stereocenters. The van der Waals surface area contributed by atoms with E-state index in [2.05, 4.69) is 26.1 Å². The second-order valence-corrected chi connectivity index (χ2v) is 9.12. The third kappa shape index (κ3) is 4.33.